The van der Waals surface area contributed by atoms with Crippen molar-refractivity contribution in [2.45, 2.75) is 6.92 Å². The van der Waals surface area contributed by atoms with Crippen LogP contribution in [0.2, 0.25) is 10.0 Å². The molecule has 5 nitrogen and oxygen atoms in total. The number of para-hydroxylation sites is 1. The number of rotatable bonds is 4. The van der Waals surface area contributed by atoms with Gasteiger partial charge in [-0.05, 0) is 42.8 Å². The predicted molar refractivity (Wildman–Crippen MR) is 101 cm³/mol. The number of hydrogen-bond donors (Lipinski definition) is 2. The van der Waals surface area contributed by atoms with Gasteiger partial charge in [-0.2, -0.15) is 0 Å². The van der Waals surface area contributed by atoms with Crippen molar-refractivity contribution in [3.05, 3.63) is 76.0 Å². The highest BCUT2D eigenvalue weighted by Gasteiger charge is 2.11. The summed E-state index contributed by atoms with van der Waals surface area (Å²) in [5, 5.41) is 6.88. The lowest BCUT2D eigenvalue weighted by Crippen LogP contribution is -2.15. The minimum Gasteiger partial charge on any atom is -0.323 e. The maximum atomic E-state index is 12.5. The number of aromatic nitrogens is 2. The number of aryl methyl sites for hydroxylation is 1. The zero-order valence-electron chi connectivity index (χ0n) is 13.3. The van der Waals surface area contributed by atoms with Crippen molar-refractivity contribution >= 4 is 46.4 Å². The second-order valence-electron chi connectivity index (χ2n) is 5.28. The molecule has 1 amide bonds. The lowest BCUT2D eigenvalue weighted by Gasteiger charge is -2.10. The lowest BCUT2D eigenvalue weighted by atomic mass is 10.2. The van der Waals surface area contributed by atoms with Gasteiger partial charge in [-0.15, -0.1) is 0 Å². The van der Waals surface area contributed by atoms with Crippen LogP contribution in [0, 0.1) is 6.92 Å². The molecule has 0 saturated carbocycles. The van der Waals surface area contributed by atoms with Crippen molar-refractivity contribution < 1.29 is 4.79 Å². The molecule has 1 aromatic heterocycles. The average molecular weight is 373 g/mol. The second-order valence-corrected chi connectivity index (χ2v) is 6.13. The van der Waals surface area contributed by atoms with E-state index < -0.39 is 0 Å². The van der Waals surface area contributed by atoms with Crippen molar-refractivity contribution in [2.24, 2.45) is 0 Å². The number of hydrogen-bond acceptors (Lipinski definition) is 4. The van der Waals surface area contributed by atoms with Crippen molar-refractivity contribution in [2.75, 3.05) is 10.6 Å². The number of carbonyl (C=O) groups excluding carboxylic acids is 1. The Labute approximate surface area is 155 Å². The number of halogens is 2. The molecule has 3 rings (SSSR count). The molecule has 3 aromatic rings. The molecule has 0 aliphatic heterocycles. The molecule has 126 valence electrons. The van der Waals surface area contributed by atoms with Gasteiger partial charge in [0, 0.05) is 16.9 Å². The Hall–Kier alpha value is -2.63. The first-order valence-corrected chi connectivity index (χ1v) is 8.20. The first-order chi connectivity index (χ1) is 12.0. The Morgan fingerprint density at radius 3 is 2.64 bits per heavy atom. The van der Waals surface area contributed by atoms with Crippen LogP contribution in [0.3, 0.4) is 0 Å². The zero-order valence-corrected chi connectivity index (χ0v) is 14.8. The Bertz CT molecular complexity index is 930. The molecule has 0 radical (unpaired) electrons. The summed E-state index contributed by atoms with van der Waals surface area (Å²) in [4.78, 5) is 20.8. The van der Waals surface area contributed by atoms with Gasteiger partial charge in [0.1, 0.15) is 5.69 Å². The van der Waals surface area contributed by atoms with E-state index in [0.29, 0.717) is 21.4 Å². The van der Waals surface area contributed by atoms with Crippen LogP contribution in [0.25, 0.3) is 0 Å². The summed E-state index contributed by atoms with van der Waals surface area (Å²) in [6.45, 7) is 1.89. The van der Waals surface area contributed by atoms with E-state index in [4.69, 9.17) is 23.2 Å². The number of benzene rings is 2. The van der Waals surface area contributed by atoms with Gasteiger partial charge < -0.3 is 10.6 Å². The summed E-state index contributed by atoms with van der Waals surface area (Å²) in [5.41, 5.74) is 2.43. The molecule has 0 unspecified atom stereocenters. The highest BCUT2D eigenvalue weighted by molar-refractivity contribution is 6.33. The summed E-state index contributed by atoms with van der Waals surface area (Å²) < 4.78 is 0. The van der Waals surface area contributed by atoms with Crippen LogP contribution in [0.5, 0.6) is 0 Å². The highest BCUT2D eigenvalue weighted by atomic mass is 35.5. The van der Waals surface area contributed by atoms with Crippen molar-refractivity contribution in [3.8, 4) is 0 Å². The van der Waals surface area contributed by atoms with E-state index in [0.717, 1.165) is 5.56 Å². The molecular formula is C18H14Cl2N4O. The third-order valence-electron chi connectivity index (χ3n) is 3.46. The molecule has 0 saturated heterocycles. The van der Waals surface area contributed by atoms with E-state index >= 15 is 0 Å². The van der Waals surface area contributed by atoms with Gasteiger partial charge in [0.15, 0.2) is 0 Å². The first kappa shape index (κ1) is 17.2. The van der Waals surface area contributed by atoms with Gasteiger partial charge >= 0.3 is 0 Å². The Balaban J connectivity index is 1.80. The largest absolute Gasteiger partial charge is 0.323 e. The van der Waals surface area contributed by atoms with E-state index in [2.05, 4.69) is 20.6 Å². The van der Waals surface area contributed by atoms with E-state index in [9.17, 15) is 4.79 Å². The van der Waals surface area contributed by atoms with Crippen LogP contribution < -0.4 is 10.6 Å². The third kappa shape index (κ3) is 4.26. The molecule has 0 aliphatic rings. The number of carbonyl (C=O) groups is 1. The number of nitrogens with one attached hydrogen (secondary N) is 2. The third-order valence-corrected chi connectivity index (χ3v) is 4.02. The topological polar surface area (TPSA) is 66.9 Å². The molecule has 2 N–H and O–H groups in total. The normalized spacial score (nSPS) is 10.4. The standard InChI is InChI=1S/C18H14Cl2N4O/c1-11-6-7-12(19)10-16(11)22-17(25)15-8-9-21-18(24-15)23-14-5-3-2-4-13(14)20/h2-10H,1H3,(H,22,25)(H,21,23,24). The van der Waals surface area contributed by atoms with Crippen LogP contribution in [-0.2, 0) is 0 Å². The number of amides is 1. The summed E-state index contributed by atoms with van der Waals surface area (Å²) in [6, 6.07) is 14.0. The monoisotopic (exact) mass is 372 g/mol. The Kier molecular flexibility index (Phi) is 5.16. The van der Waals surface area contributed by atoms with Crippen LogP contribution in [0.1, 0.15) is 16.1 Å². The smallest absolute Gasteiger partial charge is 0.274 e. The van der Waals surface area contributed by atoms with E-state index in [1.165, 1.54) is 12.3 Å². The molecule has 0 spiro atoms. The first-order valence-electron chi connectivity index (χ1n) is 7.45. The van der Waals surface area contributed by atoms with Crippen LogP contribution in [-0.4, -0.2) is 15.9 Å². The minimum absolute atomic E-state index is 0.226. The lowest BCUT2D eigenvalue weighted by molar-refractivity contribution is 0.102. The van der Waals surface area contributed by atoms with Crippen LogP contribution in [0.15, 0.2) is 54.7 Å². The van der Waals surface area contributed by atoms with E-state index in [-0.39, 0.29) is 17.5 Å². The van der Waals surface area contributed by atoms with Crippen molar-refractivity contribution in [1.82, 2.24) is 9.97 Å². The minimum atomic E-state index is -0.352. The fourth-order valence-corrected chi connectivity index (χ4v) is 2.50. The molecule has 1 heterocycles. The van der Waals surface area contributed by atoms with Gasteiger partial charge in [-0.25, -0.2) is 9.97 Å². The zero-order chi connectivity index (χ0) is 17.8. The van der Waals surface area contributed by atoms with Crippen molar-refractivity contribution in [1.29, 1.82) is 0 Å². The van der Waals surface area contributed by atoms with Gasteiger partial charge in [-0.3, -0.25) is 4.79 Å². The molecule has 0 atom stereocenters. The van der Waals surface area contributed by atoms with Crippen LogP contribution >= 0.6 is 23.2 Å². The van der Waals surface area contributed by atoms with Gasteiger partial charge in [0.2, 0.25) is 5.95 Å². The van der Waals surface area contributed by atoms with Gasteiger partial charge in [0.25, 0.3) is 5.91 Å². The van der Waals surface area contributed by atoms with Gasteiger partial charge in [0.05, 0.1) is 10.7 Å². The molecule has 2 aromatic carbocycles. The maximum absolute atomic E-state index is 12.5. The summed E-state index contributed by atoms with van der Waals surface area (Å²) in [6.07, 6.45) is 1.51. The number of anilines is 3. The fourth-order valence-electron chi connectivity index (χ4n) is 2.14. The Morgan fingerprint density at radius 2 is 1.84 bits per heavy atom. The molecule has 0 fully saturated rings. The van der Waals surface area contributed by atoms with Gasteiger partial charge in [-0.1, -0.05) is 41.4 Å². The molecule has 25 heavy (non-hydrogen) atoms. The average Bonchev–Trinajstić information content (AvgIpc) is 2.60. The van der Waals surface area contributed by atoms with E-state index in [1.807, 2.05) is 25.1 Å². The summed E-state index contributed by atoms with van der Waals surface area (Å²) >= 11 is 12.1. The Morgan fingerprint density at radius 1 is 1.04 bits per heavy atom. The SMILES string of the molecule is Cc1ccc(Cl)cc1NC(=O)c1ccnc(Nc2ccccc2Cl)n1. The fraction of sp³-hybridized carbons (Fsp3) is 0.0556. The van der Waals surface area contributed by atoms with Crippen LogP contribution in [0.4, 0.5) is 17.3 Å². The quantitative estimate of drug-likeness (QED) is 0.669. The highest BCUT2D eigenvalue weighted by Crippen LogP contribution is 2.23. The predicted octanol–water partition coefficient (Wildman–Crippen LogP) is 5.09. The molecule has 0 bridgehead atoms. The second kappa shape index (κ2) is 7.51. The maximum Gasteiger partial charge on any atom is 0.274 e. The molecule has 7 heteroatoms. The summed E-state index contributed by atoms with van der Waals surface area (Å²) in [5.74, 6) is -0.0708. The van der Waals surface area contributed by atoms with E-state index in [1.54, 1.807) is 24.3 Å². The van der Waals surface area contributed by atoms with Crippen molar-refractivity contribution in [3.63, 3.8) is 0 Å². The summed E-state index contributed by atoms with van der Waals surface area (Å²) in [7, 11) is 0. The molecular weight excluding hydrogens is 359 g/mol. The molecule has 0 aliphatic carbocycles. The number of nitrogens with zero attached hydrogens (tertiary/aromatic N) is 2.